The lowest BCUT2D eigenvalue weighted by Crippen LogP contribution is -2.38. The van der Waals surface area contributed by atoms with Crippen LogP contribution in [0.5, 0.6) is 0 Å². The molecule has 1 rings (SSSR count). The van der Waals surface area contributed by atoms with Gasteiger partial charge in [-0.15, -0.1) is 0 Å². The molecule has 2 atom stereocenters. The molecule has 1 heterocycles. The second-order valence-electron chi connectivity index (χ2n) is 3.50. The number of aryl methyl sites for hydroxylation is 1. The maximum absolute atomic E-state index is 5.60. The Balaban J connectivity index is 2.97. The van der Waals surface area contributed by atoms with Crippen molar-refractivity contribution in [2.24, 2.45) is 5.84 Å². The highest BCUT2D eigenvalue weighted by Crippen LogP contribution is 2.26. The highest BCUT2D eigenvalue weighted by Gasteiger charge is 2.24. The lowest BCUT2D eigenvalue weighted by atomic mass is 10.1. The van der Waals surface area contributed by atoms with Gasteiger partial charge in [-0.3, -0.25) is 10.5 Å². The standard InChI is InChI=1S/C10H19BrN4O/c1-4-15-10(8(11)6-13-15)9(14-12)7(3)16-5-2/h6-7,9,14H,4-5,12H2,1-3H3. The molecule has 0 bridgehead atoms. The number of nitrogens with zero attached hydrogens (tertiary/aromatic N) is 2. The summed E-state index contributed by atoms with van der Waals surface area (Å²) in [6.45, 7) is 7.47. The maximum Gasteiger partial charge on any atom is 0.0899 e. The number of nitrogens with two attached hydrogens (primary N) is 1. The highest BCUT2D eigenvalue weighted by atomic mass is 79.9. The maximum atomic E-state index is 5.60. The lowest BCUT2D eigenvalue weighted by molar-refractivity contribution is 0.0447. The minimum Gasteiger partial charge on any atom is -0.377 e. The van der Waals surface area contributed by atoms with Gasteiger partial charge in [0.05, 0.1) is 28.5 Å². The molecule has 0 aliphatic heterocycles. The average molecular weight is 291 g/mol. The first kappa shape index (κ1) is 13.6. The summed E-state index contributed by atoms with van der Waals surface area (Å²) in [6.07, 6.45) is 1.77. The van der Waals surface area contributed by atoms with Gasteiger partial charge >= 0.3 is 0 Å². The Morgan fingerprint density at radius 2 is 2.31 bits per heavy atom. The van der Waals surface area contributed by atoms with Gasteiger partial charge in [0.1, 0.15) is 0 Å². The molecule has 0 aliphatic rings. The van der Waals surface area contributed by atoms with Crippen LogP contribution in [-0.2, 0) is 11.3 Å². The van der Waals surface area contributed by atoms with Crippen molar-refractivity contribution in [1.82, 2.24) is 15.2 Å². The van der Waals surface area contributed by atoms with Crippen LogP contribution >= 0.6 is 15.9 Å². The topological polar surface area (TPSA) is 65.1 Å². The fourth-order valence-corrected chi connectivity index (χ4v) is 2.27. The Morgan fingerprint density at radius 1 is 1.62 bits per heavy atom. The molecule has 0 spiro atoms. The SMILES string of the molecule is CCOC(C)C(NN)c1c(Br)cnn1CC. The van der Waals surface area contributed by atoms with E-state index in [0.717, 1.165) is 16.7 Å². The van der Waals surface area contributed by atoms with Gasteiger partial charge in [-0.2, -0.15) is 5.10 Å². The molecule has 3 N–H and O–H groups in total. The van der Waals surface area contributed by atoms with E-state index >= 15 is 0 Å². The molecule has 0 aliphatic carbocycles. The average Bonchev–Trinajstić information content (AvgIpc) is 2.62. The van der Waals surface area contributed by atoms with Crippen molar-refractivity contribution in [2.45, 2.75) is 39.5 Å². The number of ether oxygens (including phenoxy) is 1. The quantitative estimate of drug-likeness (QED) is 0.617. The van der Waals surface area contributed by atoms with E-state index in [-0.39, 0.29) is 12.1 Å². The first-order valence-electron chi connectivity index (χ1n) is 5.44. The third-order valence-corrected chi connectivity index (χ3v) is 3.12. The Bertz CT molecular complexity index is 329. The van der Waals surface area contributed by atoms with Gasteiger partial charge in [-0.05, 0) is 36.7 Å². The predicted octanol–water partition coefficient (Wildman–Crippen LogP) is 1.59. The van der Waals surface area contributed by atoms with Crippen LogP contribution < -0.4 is 11.3 Å². The summed E-state index contributed by atoms with van der Waals surface area (Å²) in [5, 5.41) is 4.26. The molecule has 1 aromatic heterocycles. The molecule has 5 nitrogen and oxygen atoms in total. The van der Waals surface area contributed by atoms with Crippen LogP contribution in [0.3, 0.4) is 0 Å². The molecule has 0 fully saturated rings. The van der Waals surface area contributed by atoms with Gasteiger partial charge in [0.25, 0.3) is 0 Å². The number of hydrogen-bond acceptors (Lipinski definition) is 4. The van der Waals surface area contributed by atoms with E-state index in [1.54, 1.807) is 6.20 Å². The van der Waals surface area contributed by atoms with E-state index in [1.165, 1.54) is 0 Å². The zero-order chi connectivity index (χ0) is 12.1. The minimum atomic E-state index is -0.0724. The monoisotopic (exact) mass is 290 g/mol. The zero-order valence-electron chi connectivity index (χ0n) is 9.90. The molecule has 0 radical (unpaired) electrons. The number of aromatic nitrogens is 2. The highest BCUT2D eigenvalue weighted by molar-refractivity contribution is 9.10. The molecule has 0 aromatic carbocycles. The summed E-state index contributed by atoms with van der Waals surface area (Å²) in [5.74, 6) is 5.60. The summed E-state index contributed by atoms with van der Waals surface area (Å²) >= 11 is 3.48. The van der Waals surface area contributed by atoms with E-state index in [0.29, 0.717) is 6.61 Å². The smallest absolute Gasteiger partial charge is 0.0899 e. The Morgan fingerprint density at radius 3 is 2.81 bits per heavy atom. The molecule has 1 aromatic rings. The van der Waals surface area contributed by atoms with Gasteiger partial charge < -0.3 is 4.74 Å². The second kappa shape index (κ2) is 6.34. The largest absolute Gasteiger partial charge is 0.377 e. The number of rotatable bonds is 6. The van der Waals surface area contributed by atoms with E-state index in [4.69, 9.17) is 10.6 Å². The van der Waals surface area contributed by atoms with E-state index in [2.05, 4.69) is 26.5 Å². The van der Waals surface area contributed by atoms with Crippen LogP contribution in [0.25, 0.3) is 0 Å². The molecular weight excluding hydrogens is 272 g/mol. The first-order valence-corrected chi connectivity index (χ1v) is 6.23. The number of hydrazine groups is 1. The van der Waals surface area contributed by atoms with Crippen molar-refractivity contribution in [2.75, 3.05) is 6.61 Å². The van der Waals surface area contributed by atoms with Gasteiger partial charge in [-0.1, -0.05) is 0 Å². The predicted molar refractivity (Wildman–Crippen MR) is 66.8 cm³/mol. The van der Waals surface area contributed by atoms with Crippen LogP contribution in [0.2, 0.25) is 0 Å². The molecule has 0 saturated heterocycles. The van der Waals surface area contributed by atoms with Crippen LogP contribution in [0.15, 0.2) is 10.7 Å². The summed E-state index contributed by atoms with van der Waals surface area (Å²) in [6, 6.07) is -0.0724. The van der Waals surface area contributed by atoms with Crippen LogP contribution in [0.4, 0.5) is 0 Å². The summed E-state index contributed by atoms with van der Waals surface area (Å²) in [5.41, 5.74) is 3.81. The second-order valence-corrected chi connectivity index (χ2v) is 4.35. The molecule has 2 unspecified atom stereocenters. The first-order chi connectivity index (χ1) is 7.65. The van der Waals surface area contributed by atoms with Gasteiger partial charge in [0.2, 0.25) is 0 Å². The molecule has 0 amide bonds. The lowest BCUT2D eigenvalue weighted by Gasteiger charge is -2.24. The third kappa shape index (κ3) is 2.82. The van der Waals surface area contributed by atoms with Crippen molar-refractivity contribution >= 4 is 15.9 Å². The number of nitrogens with one attached hydrogen (secondary N) is 1. The Labute approximate surface area is 104 Å². The molecular formula is C10H19BrN4O. The molecule has 6 heteroatoms. The zero-order valence-corrected chi connectivity index (χ0v) is 11.5. The Kier molecular flexibility index (Phi) is 5.40. The van der Waals surface area contributed by atoms with E-state index in [1.807, 2.05) is 25.5 Å². The Hall–Kier alpha value is -0.430. The third-order valence-electron chi connectivity index (χ3n) is 2.51. The van der Waals surface area contributed by atoms with Crippen molar-refractivity contribution in [3.8, 4) is 0 Å². The van der Waals surface area contributed by atoms with Gasteiger partial charge in [0.15, 0.2) is 0 Å². The van der Waals surface area contributed by atoms with E-state index < -0.39 is 0 Å². The molecule has 16 heavy (non-hydrogen) atoms. The summed E-state index contributed by atoms with van der Waals surface area (Å²) < 4.78 is 8.42. The van der Waals surface area contributed by atoms with Crippen LogP contribution in [0.1, 0.15) is 32.5 Å². The normalized spacial score (nSPS) is 15.1. The van der Waals surface area contributed by atoms with Crippen molar-refractivity contribution in [3.63, 3.8) is 0 Å². The fraction of sp³-hybridized carbons (Fsp3) is 0.700. The number of halogens is 1. The van der Waals surface area contributed by atoms with Crippen LogP contribution in [-0.4, -0.2) is 22.5 Å². The van der Waals surface area contributed by atoms with Gasteiger partial charge in [0, 0.05) is 13.2 Å². The summed E-state index contributed by atoms with van der Waals surface area (Å²) in [4.78, 5) is 0. The van der Waals surface area contributed by atoms with Crippen molar-refractivity contribution in [3.05, 3.63) is 16.4 Å². The van der Waals surface area contributed by atoms with Crippen molar-refractivity contribution < 1.29 is 4.74 Å². The van der Waals surface area contributed by atoms with E-state index in [9.17, 15) is 0 Å². The van der Waals surface area contributed by atoms with Crippen molar-refractivity contribution in [1.29, 1.82) is 0 Å². The minimum absolute atomic E-state index is 0.00620. The van der Waals surface area contributed by atoms with Gasteiger partial charge in [-0.25, -0.2) is 5.43 Å². The number of hydrogen-bond donors (Lipinski definition) is 2. The molecule has 92 valence electrons. The fourth-order valence-electron chi connectivity index (χ4n) is 1.73. The summed E-state index contributed by atoms with van der Waals surface area (Å²) in [7, 11) is 0. The van der Waals surface area contributed by atoms with Crippen LogP contribution in [0, 0.1) is 0 Å². The molecule has 0 saturated carbocycles.